The second kappa shape index (κ2) is 7.46. The summed E-state index contributed by atoms with van der Waals surface area (Å²) >= 11 is 1.88. The van der Waals surface area contributed by atoms with Crippen molar-refractivity contribution < 1.29 is 5.11 Å². The third-order valence-electron chi connectivity index (χ3n) is 5.79. The number of hydrogen-bond acceptors (Lipinski definition) is 4. The van der Waals surface area contributed by atoms with Gasteiger partial charge in [0.2, 0.25) is 0 Å². The number of phenolic OH excluding ortho intramolecular Hbond substituents is 1. The van der Waals surface area contributed by atoms with Gasteiger partial charge >= 0.3 is 0 Å². The molecule has 1 aliphatic carbocycles. The van der Waals surface area contributed by atoms with Gasteiger partial charge in [0.25, 0.3) is 0 Å². The fourth-order valence-electron chi connectivity index (χ4n) is 4.52. The lowest BCUT2D eigenvalue weighted by molar-refractivity contribution is 0.239. The summed E-state index contributed by atoms with van der Waals surface area (Å²) in [6.45, 7) is 5.68. The molecule has 2 N–H and O–H groups in total. The number of rotatable bonds is 4. The van der Waals surface area contributed by atoms with Crippen molar-refractivity contribution in [3.63, 3.8) is 0 Å². The zero-order valence-electron chi connectivity index (χ0n) is 14.9. The van der Waals surface area contributed by atoms with E-state index >= 15 is 0 Å². The molecule has 4 unspecified atom stereocenters. The molecule has 2 aliphatic heterocycles. The minimum atomic E-state index is 0.364. The normalized spacial score (nSPS) is 30.8. The number of anilines is 1. The minimum Gasteiger partial charge on any atom is -0.508 e. The van der Waals surface area contributed by atoms with Crippen LogP contribution >= 0.6 is 11.8 Å². The highest BCUT2D eigenvalue weighted by atomic mass is 32.2. The Morgan fingerprint density at radius 1 is 1.24 bits per heavy atom. The van der Waals surface area contributed by atoms with Crippen LogP contribution in [0.2, 0.25) is 0 Å². The van der Waals surface area contributed by atoms with Crippen molar-refractivity contribution in [2.75, 3.05) is 24.5 Å². The van der Waals surface area contributed by atoms with Crippen LogP contribution in [0, 0.1) is 11.8 Å². The molecular weight excluding hydrogens is 328 g/mol. The van der Waals surface area contributed by atoms with Gasteiger partial charge in [0, 0.05) is 11.4 Å². The van der Waals surface area contributed by atoms with Gasteiger partial charge in [0.05, 0.1) is 17.0 Å². The molecule has 2 heterocycles. The number of hydrogen-bond donors (Lipinski definition) is 2. The molecular formula is C21H28N2OS. The Bertz CT molecular complexity index is 670. The average molecular weight is 357 g/mol. The van der Waals surface area contributed by atoms with Crippen LogP contribution in [0.15, 0.2) is 47.4 Å². The highest BCUT2D eigenvalue weighted by Crippen LogP contribution is 2.45. The van der Waals surface area contributed by atoms with Gasteiger partial charge in [-0.3, -0.25) is 0 Å². The van der Waals surface area contributed by atoms with Crippen molar-refractivity contribution in [3.8, 4) is 5.75 Å². The molecule has 0 radical (unpaired) electrons. The molecule has 4 heteroatoms. The Kier molecular flexibility index (Phi) is 5.09. The summed E-state index contributed by atoms with van der Waals surface area (Å²) in [7, 11) is 0. The lowest BCUT2D eigenvalue weighted by Crippen LogP contribution is -2.50. The Morgan fingerprint density at radius 3 is 3.00 bits per heavy atom. The lowest BCUT2D eigenvalue weighted by atomic mass is 9.82. The van der Waals surface area contributed by atoms with Crippen LogP contribution in [0.4, 0.5) is 5.69 Å². The Balaban J connectivity index is 1.64. The third kappa shape index (κ3) is 3.47. The van der Waals surface area contributed by atoms with Crippen molar-refractivity contribution >= 4 is 17.4 Å². The number of benzene rings is 1. The van der Waals surface area contributed by atoms with Crippen molar-refractivity contribution in [2.45, 2.75) is 42.4 Å². The summed E-state index contributed by atoms with van der Waals surface area (Å²) in [5.41, 5.74) is 1.28. The molecule has 0 aromatic heterocycles. The molecule has 3 aliphatic rings. The summed E-state index contributed by atoms with van der Waals surface area (Å²) in [5, 5.41) is 14.0. The van der Waals surface area contributed by atoms with Gasteiger partial charge in [0.1, 0.15) is 5.75 Å². The number of fused-ring (bicyclic) bond motifs is 2. The first-order valence-corrected chi connectivity index (χ1v) is 10.5. The van der Waals surface area contributed by atoms with E-state index in [9.17, 15) is 5.11 Å². The van der Waals surface area contributed by atoms with Crippen LogP contribution < -0.4 is 10.2 Å². The lowest BCUT2D eigenvalue weighted by Gasteiger charge is -2.45. The summed E-state index contributed by atoms with van der Waals surface area (Å²) in [6, 6.07) is 6.28. The Labute approximate surface area is 155 Å². The molecule has 4 rings (SSSR count). The van der Waals surface area contributed by atoms with Crippen molar-refractivity contribution in [3.05, 3.63) is 42.5 Å². The van der Waals surface area contributed by atoms with E-state index in [0.29, 0.717) is 23.0 Å². The average Bonchev–Trinajstić information content (AvgIpc) is 2.63. The summed E-state index contributed by atoms with van der Waals surface area (Å²) < 4.78 is 0. The Hall–Kier alpha value is -1.39. The first kappa shape index (κ1) is 17.0. The first-order chi connectivity index (χ1) is 12.3. The number of phenols is 1. The second-order valence-corrected chi connectivity index (χ2v) is 8.67. The minimum absolute atomic E-state index is 0.364. The number of nitrogens with zero attached hydrogens (tertiary/aromatic N) is 1. The van der Waals surface area contributed by atoms with E-state index in [4.69, 9.17) is 0 Å². The van der Waals surface area contributed by atoms with E-state index in [0.717, 1.165) is 25.6 Å². The van der Waals surface area contributed by atoms with E-state index in [1.54, 1.807) is 0 Å². The highest BCUT2D eigenvalue weighted by Gasteiger charge is 2.36. The van der Waals surface area contributed by atoms with Crippen LogP contribution in [-0.2, 0) is 0 Å². The largest absolute Gasteiger partial charge is 0.508 e. The van der Waals surface area contributed by atoms with E-state index in [1.807, 2.05) is 23.9 Å². The Morgan fingerprint density at radius 2 is 2.12 bits per heavy atom. The third-order valence-corrected chi connectivity index (χ3v) is 7.08. The standard InChI is InChI=1S/C21H28N2OS/c1-2-5-15-10-11-22-13-16(15)14-23-18-6-3-4-7-20(18)25-21-12-17(24)8-9-19(21)23/h3-4,6-9,12,15-16,18,20,22,24H,2,5,10-11,13-14H2,1H3. The molecule has 1 fully saturated rings. The van der Waals surface area contributed by atoms with E-state index < -0.39 is 0 Å². The van der Waals surface area contributed by atoms with E-state index in [-0.39, 0.29) is 0 Å². The fraction of sp³-hybridized carbons (Fsp3) is 0.524. The van der Waals surface area contributed by atoms with Gasteiger partial charge in [-0.05, 0) is 49.5 Å². The number of piperidine rings is 1. The molecule has 134 valence electrons. The quantitative estimate of drug-likeness (QED) is 0.848. The van der Waals surface area contributed by atoms with Crippen LogP contribution in [0.5, 0.6) is 5.75 Å². The maximum atomic E-state index is 9.93. The molecule has 1 saturated heterocycles. The van der Waals surface area contributed by atoms with Crippen LogP contribution in [-0.4, -0.2) is 36.0 Å². The molecule has 4 atom stereocenters. The van der Waals surface area contributed by atoms with Crippen LogP contribution in [0.3, 0.4) is 0 Å². The molecule has 0 saturated carbocycles. The van der Waals surface area contributed by atoms with Gasteiger partial charge in [-0.25, -0.2) is 0 Å². The van der Waals surface area contributed by atoms with Crippen LogP contribution in [0.25, 0.3) is 0 Å². The van der Waals surface area contributed by atoms with Gasteiger partial charge in [-0.2, -0.15) is 0 Å². The van der Waals surface area contributed by atoms with Crippen LogP contribution in [0.1, 0.15) is 26.2 Å². The molecule has 1 aromatic carbocycles. The van der Waals surface area contributed by atoms with Crippen molar-refractivity contribution in [1.29, 1.82) is 0 Å². The summed E-state index contributed by atoms with van der Waals surface area (Å²) in [5.74, 6) is 1.88. The number of aromatic hydroxyl groups is 1. The predicted molar refractivity (Wildman–Crippen MR) is 107 cm³/mol. The zero-order chi connectivity index (χ0) is 17.2. The van der Waals surface area contributed by atoms with Gasteiger partial charge in [-0.15, -0.1) is 11.8 Å². The molecule has 25 heavy (non-hydrogen) atoms. The predicted octanol–water partition coefficient (Wildman–Crippen LogP) is 4.19. The number of nitrogens with one attached hydrogen (secondary N) is 1. The second-order valence-electron chi connectivity index (χ2n) is 7.45. The number of thioether (sulfide) groups is 1. The van der Waals surface area contributed by atoms with E-state index in [1.165, 1.54) is 29.8 Å². The zero-order valence-corrected chi connectivity index (χ0v) is 15.7. The van der Waals surface area contributed by atoms with Gasteiger partial charge in [-0.1, -0.05) is 44.1 Å². The summed E-state index contributed by atoms with van der Waals surface area (Å²) in [4.78, 5) is 3.80. The highest BCUT2D eigenvalue weighted by molar-refractivity contribution is 8.00. The number of allylic oxidation sites excluding steroid dienone is 2. The topological polar surface area (TPSA) is 35.5 Å². The molecule has 1 aromatic rings. The fourth-order valence-corrected chi connectivity index (χ4v) is 5.86. The molecule has 0 amide bonds. The molecule has 3 nitrogen and oxygen atoms in total. The maximum absolute atomic E-state index is 9.93. The maximum Gasteiger partial charge on any atom is 0.116 e. The molecule has 0 bridgehead atoms. The smallest absolute Gasteiger partial charge is 0.116 e. The SMILES string of the molecule is CCCC1CCNCC1CN1c2ccc(O)cc2SC2C=CC=CC21. The van der Waals surface area contributed by atoms with Crippen molar-refractivity contribution in [1.82, 2.24) is 5.32 Å². The summed E-state index contributed by atoms with van der Waals surface area (Å²) in [6.07, 6.45) is 12.9. The van der Waals surface area contributed by atoms with Gasteiger partial charge in [0.15, 0.2) is 0 Å². The molecule has 0 spiro atoms. The monoisotopic (exact) mass is 356 g/mol. The van der Waals surface area contributed by atoms with Gasteiger partial charge < -0.3 is 15.3 Å². The first-order valence-electron chi connectivity index (χ1n) is 9.58. The van der Waals surface area contributed by atoms with E-state index in [2.05, 4.69) is 47.5 Å². The van der Waals surface area contributed by atoms with Crippen molar-refractivity contribution in [2.24, 2.45) is 11.8 Å².